The number of phenols is 1. The Morgan fingerprint density at radius 2 is 1.96 bits per heavy atom. The van der Waals surface area contributed by atoms with E-state index < -0.39 is 0 Å². The van der Waals surface area contributed by atoms with E-state index in [1.54, 1.807) is 17.4 Å². The Bertz CT molecular complexity index is 667. The van der Waals surface area contributed by atoms with E-state index in [-0.39, 0.29) is 11.9 Å². The highest BCUT2D eigenvalue weighted by Gasteiger charge is 2.21. The van der Waals surface area contributed by atoms with Crippen LogP contribution in [0, 0.1) is 0 Å². The summed E-state index contributed by atoms with van der Waals surface area (Å²) >= 11 is 1.66. The highest BCUT2D eigenvalue weighted by Crippen LogP contribution is 2.27. The van der Waals surface area contributed by atoms with Crippen molar-refractivity contribution in [2.45, 2.75) is 13.0 Å². The Morgan fingerprint density at radius 1 is 1.21 bits per heavy atom. The first-order valence-corrected chi connectivity index (χ1v) is 9.09. The highest BCUT2D eigenvalue weighted by atomic mass is 32.1. The molecule has 0 spiro atoms. The second-order valence-electron chi connectivity index (χ2n) is 6.06. The lowest BCUT2D eigenvalue weighted by atomic mass is 10.2. The van der Waals surface area contributed by atoms with Crippen molar-refractivity contribution in [1.82, 2.24) is 10.2 Å². The van der Waals surface area contributed by atoms with Crippen LogP contribution in [0.25, 0.3) is 0 Å². The quantitative estimate of drug-likeness (QED) is 0.874. The summed E-state index contributed by atoms with van der Waals surface area (Å²) < 4.78 is 0. The third kappa shape index (κ3) is 4.07. The number of nitrogens with zero attached hydrogens (tertiary/aromatic N) is 2. The summed E-state index contributed by atoms with van der Waals surface area (Å²) in [4.78, 5) is 17.7. The molecule has 2 heterocycles. The lowest BCUT2D eigenvalue weighted by Crippen LogP contribution is -2.49. The van der Waals surface area contributed by atoms with Crippen molar-refractivity contribution in [3.63, 3.8) is 0 Å². The summed E-state index contributed by atoms with van der Waals surface area (Å²) in [5.41, 5.74) is 0.868. The summed E-state index contributed by atoms with van der Waals surface area (Å²) in [6, 6.07) is 11.5. The summed E-state index contributed by atoms with van der Waals surface area (Å²) in [7, 11) is 0. The molecule has 0 bridgehead atoms. The van der Waals surface area contributed by atoms with Crippen LogP contribution in [0.4, 0.5) is 5.69 Å². The fraction of sp³-hybridized carbons (Fsp3) is 0.389. The number of nitrogens with one attached hydrogen (secondary N) is 1. The number of hydrogen-bond acceptors (Lipinski definition) is 5. The van der Waals surface area contributed by atoms with Crippen molar-refractivity contribution in [3.05, 3.63) is 46.7 Å². The molecule has 3 rings (SSSR count). The molecule has 1 saturated heterocycles. The molecule has 1 aromatic heterocycles. The molecule has 1 aromatic carbocycles. The lowest BCUT2D eigenvalue weighted by Gasteiger charge is -2.36. The number of para-hydroxylation sites is 2. The normalized spacial score (nSPS) is 16.8. The van der Waals surface area contributed by atoms with Crippen LogP contribution < -0.4 is 10.2 Å². The second kappa shape index (κ2) is 7.68. The van der Waals surface area contributed by atoms with Crippen molar-refractivity contribution in [1.29, 1.82) is 0 Å². The lowest BCUT2D eigenvalue weighted by molar-refractivity contribution is -0.122. The van der Waals surface area contributed by atoms with E-state index in [0.717, 1.165) is 31.9 Å². The van der Waals surface area contributed by atoms with Gasteiger partial charge in [-0.2, -0.15) is 0 Å². The average Bonchev–Trinajstić information content (AvgIpc) is 3.11. The molecular formula is C18H23N3O2S. The third-order valence-corrected chi connectivity index (χ3v) is 5.36. The maximum Gasteiger partial charge on any atom is 0.234 e. The average molecular weight is 345 g/mol. The molecular weight excluding hydrogens is 322 g/mol. The molecule has 0 saturated carbocycles. The zero-order valence-corrected chi connectivity index (χ0v) is 14.6. The Hall–Kier alpha value is -2.05. The van der Waals surface area contributed by atoms with Crippen molar-refractivity contribution < 1.29 is 9.90 Å². The number of rotatable bonds is 5. The number of carbonyl (C=O) groups excluding carboxylic acids is 1. The number of carbonyl (C=O) groups is 1. The summed E-state index contributed by atoms with van der Waals surface area (Å²) in [6.07, 6.45) is 0. The highest BCUT2D eigenvalue weighted by molar-refractivity contribution is 7.10. The van der Waals surface area contributed by atoms with Gasteiger partial charge >= 0.3 is 0 Å². The second-order valence-corrected chi connectivity index (χ2v) is 7.04. The summed E-state index contributed by atoms with van der Waals surface area (Å²) in [6.45, 7) is 5.69. The van der Waals surface area contributed by atoms with Crippen LogP contribution in [0.2, 0.25) is 0 Å². The number of hydrogen-bond donors (Lipinski definition) is 2. The van der Waals surface area contributed by atoms with Gasteiger partial charge in [-0.05, 0) is 30.5 Å². The van der Waals surface area contributed by atoms with Crippen LogP contribution in [0.3, 0.4) is 0 Å². The van der Waals surface area contributed by atoms with Crippen LogP contribution in [0.1, 0.15) is 17.8 Å². The summed E-state index contributed by atoms with van der Waals surface area (Å²) in [5.74, 6) is 0.375. The smallest absolute Gasteiger partial charge is 0.234 e. The molecule has 2 N–H and O–H groups in total. The van der Waals surface area contributed by atoms with Crippen molar-refractivity contribution in [2.75, 3.05) is 37.6 Å². The van der Waals surface area contributed by atoms with Gasteiger partial charge in [-0.15, -0.1) is 11.3 Å². The number of thiophene rings is 1. The molecule has 24 heavy (non-hydrogen) atoms. The molecule has 1 aliphatic rings. The van der Waals surface area contributed by atoms with Gasteiger partial charge in [0.05, 0.1) is 18.3 Å². The van der Waals surface area contributed by atoms with E-state index in [1.807, 2.05) is 42.6 Å². The largest absolute Gasteiger partial charge is 0.506 e. The van der Waals surface area contributed by atoms with Crippen molar-refractivity contribution in [2.24, 2.45) is 0 Å². The first-order valence-electron chi connectivity index (χ1n) is 8.21. The Kier molecular flexibility index (Phi) is 5.37. The molecule has 0 aliphatic carbocycles. The van der Waals surface area contributed by atoms with Gasteiger partial charge < -0.3 is 15.3 Å². The van der Waals surface area contributed by atoms with Gasteiger partial charge in [0.25, 0.3) is 0 Å². The third-order valence-electron chi connectivity index (χ3n) is 4.31. The van der Waals surface area contributed by atoms with Crippen LogP contribution in [0.5, 0.6) is 5.75 Å². The zero-order valence-electron chi connectivity index (χ0n) is 13.8. The van der Waals surface area contributed by atoms with E-state index in [1.165, 1.54) is 4.88 Å². The van der Waals surface area contributed by atoms with E-state index in [0.29, 0.717) is 12.3 Å². The minimum atomic E-state index is 0.0556. The molecule has 0 radical (unpaired) electrons. The van der Waals surface area contributed by atoms with Crippen LogP contribution in [-0.2, 0) is 4.79 Å². The van der Waals surface area contributed by atoms with Gasteiger partial charge in [-0.25, -0.2) is 0 Å². The van der Waals surface area contributed by atoms with E-state index in [4.69, 9.17) is 0 Å². The number of piperazine rings is 1. The van der Waals surface area contributed by atoms with Crippen LogP contribution in [-0.4, -0.2) is 48.6 Å². The Labute approximate surface area is 146 Å². The molecule has 2 aromatic rings. The Morgan fingerprint density at radius 3 is 2.62 bits per heavy atom. The van der Waals surface area contributed by atoms with Gasteiger partial charge in [-0.3, -0.25) is 9.69 Å². The van der Waals surface area contributed by atoms with E-state index in [9.17, 15) is 9.90 Å². The molecule has 1 atom stereocenters. The molecule has 6 heteroatoms. The number of phenolic OH excluding ortho intramolecular Hbond substituents is 1. The predicted octanol–water partition coefficient (Wildman–Crippen LogP) is 2.45. The molecule has 5 nitrogen and oxygen atoms in total. The number of amides is 1. The van der Waals surface area contributed by atoms with Gasteiger partial charge in [0.2, 0.25) is 5.91 Å². The van der Waals surface area contributed by atoms with Gasteiger partial charge in [0.15, 0.2) is 0 Å². The maximum absolute atomic E-state index is 12.2. The fourth-order valence-electron chi connectivity index (χ4n) is 2.98. The van der Waals surface area contributed by atoms with Gasteiger partial charge in [0.1, 0.15) is 5.75 Å². The fourth-order valence-corrected chi connectivity index (χ4v) is 3.71. The molecule has 1 fully saturated rings. The van der Waals surface area contributed by atoms with Gasteiger partial charge in [-0.1, -0.05) is 18.2 Å². The standard InChI is InChI=1S/C18H23N3O2S/c1-14(17-7-4-12-24-17)19-18(23)13-20-8-10-21(11-9-20)15-5-2-3-6-16(15)22/h2-7,12,14,22H,8-11,13H2,1H3,(H,19,23)/t14-/m1/s1. The van der Waals surface area contributed by atoms with Crippen molar-refractivity contribution in [3.8, 4) is 5.75 Å². The van der Waals surface area contributed by atoms with E-state index in [2.05, 4.69) is 15.1 Å². The Balaban J connectivity index is 1.47. The zero-order chi connectivity index (χ0) is 16.9. The predicted molar refractivity (Wildman–Crippen MR) is 97.6 cm³/mol. The summed E-state index contributed by atoms with van der Waals surface area (Å²) in [5, 5.41) is 15.0. The molecule has 1 aliphatic heterocycles. The molecule has 1 amide bonds. The first kappa shape index (κ1) is 16.8. The van der Waals surface area contributed by atoms with Crippen LogP contribution in [0.15, 0.2) is 41.8 Å². The first-order chi connectivity index (χ1) is 11.6. The monoisotopic (exact) mass is 345 g/mol. The van der Waals surface area contributed by atoms with Crippen LogP contribution >= 0.6 is 11.3 Å². The van der Waals surface area contributed by atoms with Crippen molar-refractivity contribution >= 4 is 22.9 Å². The minimum absolute atomic E-state index is 0.0556. The SMILES string of the molecule is C[C@@H](NC(=O)CN1CCN(c2ccccc2O)CC1)c1cccs1. The maximum atomic E-state index is 12.2. The topological polar surface area (TPSA) is 55.8 Å². The molecule has 128 valence electrons. The van der Waals surface area contributed by atoms with E-state index >= 15 is 0 Å². The molecule has 0 unspecified atom stereocenters. The number of aromatic hydroxyl groups is 1. The minimum Gasteiger partial charge on any atom is -0.506 e. The number of anilines is 1. The van der Waals surface area contributed by atoms with Gasteiger partial charge in [0, 0.05) is 31.1 Å². The number of benzene rings is 1.